The molecule has 0 aromatic carbocycles. The number of hydrogen-bond donors (Lipinski definition) is 2. The average Bonchev–Trinajstić information content (AvgIpc) is 3.01. The van der Waals surface area contributed by atoms with Crippen molar-refractivity contribution in [3.05, 3.63) is 49.0 Å². The molecule has 0 atom stereocenters. The summed E-state index contributed by atoms with van der Waals surface area (Å²) in [4.78, 5) is 13.6. The predicted octanol–water partition coefficient (Wildman–Crippen LogP) is 6.05. The first kappa shape index (κ1) is 26.1. The maximum absolute atomic E-state index is 11.8. The Balaban J connectivity index is 1.91. The molecule has 4 heteroatoms. The van der Waals surface area contributed by atoms with Crippen molar-refractivity contribution < 1.29 is 4.79 Å². The molecule has 1 aliphatic rings. The van der Waals surface area contributed by atoms with Crippen molar-refractivity contribution in [2.45, 2.75) is 84.5 Å². The fourth-order valence-electron chi connectivity index (χ4n) is 3.50. The molecule has 170 valence electrons. The third-order valence-electron chi connectivity index (χ3n) is 5.73. The molecular weight excluding hydrogens is 370 g/mol. The van der Waals surface area contributed by atoms with Crippen molar-refractivity contribution in [1.29, 1.82) is 0 Å². The highest BCUT2D eigenvalue weighted by Gasteiger charge is 2.23. The quantitative estimate of drug-likeness (QED) is 0.211. The van der Waals surface area contributed by atoms with Crippen LogP contribution in [0.3, 0.4) is 0 Å². The van der Waals surface area contributed by atoms with Crippen LogP contribution in [0.5, 0.6) is 0 Å². The van der Waals surface area contributed by atoms with Crippen molar-refractivity contribution >= 4 is 5.91 Å². The van der Waals surface area contributed by atoms with Gasteiger partial charge in [0.1, 0.15) is 0 Å². The molecule has 1 fully saturated rings. The third-order valence-corrected chi connectivity index (χ3v) is 5.73. The van der Waals surface area contributed by atoms with E-state index in [1.54, 1.807) is 4.90 Å². The summed E-state index contributed by atoms with van der Waals surface area (Å²) < 4.78 is 0. The lowest BCUT2D eigenvalue weighted by atomic mass is 10.1. The molecule has 30 heavy (non-hydrogen) atoms. The summed E-state index contributed by atoms with van der Waals surface area (Å²) in [5.74, 6) is 0.704. The molecule has 0 aliphatic carbocycles. The normalized spacial score (nSPS) is 13.8. The number of unbranched alkanes of at least 4 members (excludes halogenated alkanes) is 5. The van der Waals surface area contributed by atoms with E-state index >= 15 is 0 Å². The molecule has 0 aromatic heterocycles. The molecule has 0 spiro atoms. The first-order chi connectivity index (χ1) is 14.3. The van der Waals surface area contributed by atoms with E-state index in [4.69, 9.17) is 0 Å². The Morgan fingerprint density at radius 2 is 1.50 bits per heavy atom. The largest absolute Gasteiger partial charge is 0.389 e. The Labute approximate surface area is 185 Å². The molecule has 1 heterocycles. The van der Waals surface area contributed by atoms with Crippen LogP contribution in [0.4, 0.5) is 0 Å². The van der Waals surface area contributed by atoms with Crippen LogP contribution in [0, 0.1) is 5.92 Å². The zero-order valence-corrected chi connectivity index (χ0v) is 19.7. The number of rotatable bonds is 18. The van der Waals surface area contributed by atoms with Crippen molar-refractivity contribution in [1.82, 2.24) is 15.5 Å². The second kappa shape index (κ2) is 14.9. The van der Waals surface area contributed by atoms with Gasteiger partial charge in [-0.05, 0) is 57.3 Å². The second-order valence-electron chi connectivity index (χ2n) is 8.91. The molecule has 1 saturated heterocycles. The third kappa shape index (κ3) is 11.3. The van der Waals surface area contributed by atoms with Gasteiger partial charge in [0, 0.05) is 43.1 Å². The lowest BCUT2D eigenvalue weighted by molar-refractivity contribution is -0.126. The smallest absolute Gasteiger partial charge is 0.227 e. The minimum Gasteiger partial charge on any atom is -0.389 e. The molecular formula is C26H45N3O. The lowest BCUT2D eigenvalue weighted by Gasteiger charge is -2.18. The highest BCUT2D eigenvalue weighted by molar-refractivity contribution is 5.81. The second-order valence-corrected chi connectivity index (χ2v) is 8.91. The number of carbonyl (C=O) groups is 1. The van der Waals surface area contributed by atoms with E-state index in [9.17, 15) is 4.79 Å². The van der Waals surface area contributed by atoms with Gasteiger partial charge in [-0.3, -0.25) is 4.79 Å². The maximum Gasteiger partial charge on any atom is 0.227 e. The SMILES string of the molecule is C=C(CCCCCCC(=C)NCCCCCNC(=C)C(C)C)CN1C(=C)CCC1=O. The number of amides is 1. The molecule has 1 aliphatic heterocycles. The first-order valence-corrected chi connectivity index (χ1v) is 11.8. The molecule has 4 nitrogen and oxygen atoms in total. The molecule has 0 radical (unpaired) electrons. The monoisotopic (exact) mass is 415 g/mol. The Hall–Kier alpha value is -1.97. The summed E-state index contributed by atoms with van der Waals surface area (Å²) in [6, 6.07) is 0. The summed E-state index contributed by atoms with van der Waals surface area (Å²) in [6.45, 7) is 23.3. The van der Waals surface area contributed by atoms with E-state index < -0.39 is 0 Å². The van der Waals surface area contributed by atoms with Crippen LogP contribution < -0.4 is 10.6 Å². The number of nitrogens with one attached hydrogen (secondary N) is 2. The van der Waals surface area contributed by atoms with Crippen LogP contribution in [0.2, 0.25) is 0 Å². The highest BCUT2D eigenvalue weighted by Crippen LogP contribution is 2.22. The number of nitrogens with zero attached hydrogens (tertiary/aromatic N) is 1. The average molecular weight is 416 g/mol. The van der Waals surface area contributed by atoms with Crippen LogP contribution in [0.25, 0.3) is 0 Å². The van der Waals surface area contributed by atoms with Gasteiger partial charge in [-0.1, -0.05) is 58.6 Å². The van der Waals surface area contributed by atoms with Gasteiger partial charge in [0.05, 0.1) is 0 Å². The minimum atomic E-state index is 0.195. The van der Waals surface area contributed by atoms with Gasteiger partial charge in [0.2, 0.25) is 5.91 Å². The van der Waals surface area contributed by atoms with Crippen molar-refractivity contribution in [2.24, 2.45) is 5.92 Å². The summed E-state index contributed by atoms with van der Waals surface area (Å²) >= 11 is 0. The topological polar surface area (TPSA) is 44.4 Å². The van der Waals surface area contributed by atoms with Crippen LogP contribution in [-0.2, 0) is 4.79 Å². The number of likely N-dealkylation sites (tertiary alicyclic amines) is 1. The van der Waals surface area contributed by atoms with E-state index in [0.29, 0.717) is 18.9 Å². The lowest BCUT2D eigenvalue weighted by Crippen LogP contribution is -2.25. The predicted molar refractivity (Wildman–Crippen MR) is 130 cm³/mol. The summed E-state index contributed by atoms with van der Waals surface area (Å²) in [5.41, 5.74) is 4.39. The van der Waals surface area contributed by atoms with Gasteiger partial charge in [0.25, 0.3) is 0 Å². The van der Waals surface area contributed by atoms with E-state index in [-0.39, 0.29) is 5.91 Å². The van der Waals surface area contributed by atoms with Gasteiger partial charge in [-0.2, -0.15) is 0 Å². The first-order valence-electron chi connectivity index (χ1n) is 11.8. The van der Waals surface area contributed by atoms with E-state index in [1.807, 2.05) is 0 Å². The summed E-state index contributed by atoms with van der Waals surface area (Å²) in [6.07, 6.45) is 11.8. The fraction of sp³-hybridized carbons (Fsp3) is 0.654. The molecule has 1 rings (SSSR count). The van der Waals surface area contributed by atoms with Gasteiger partial charge in [0.15, 0.2) is 0 Å². The molecule has 1 amide bonds. The van der Waals surface area contributed by atoms with Crippen molar-refractivity contribution in [3.8, 4) is 0 Å². The minimum absolute atomic E-state index is 0.195. The standard InChI is InChI=1S/C26H45N3O/c1-21(2)25(6)28-19-13-9-12-18-27-23(4)15-11-8-7-10-14-22(3)20-29-24(5)16-17-26(29)30/h21,27-28H,3-20H2,1-2H3. The van der Waals surface area contributed by atoms with E-state index in [1.165, 1.54) is 38.5 Å². The Morgan fingerprint density at radius 3 is 2.10 bits per heavy atom. The zero-order chi connectivity index (χ0) is 22.4. The van der Waals surface area contributed by atoms with Crippen LogP contribution >= 0.6 is 0 Å². The molecule has 0 saturated carbocycles. The van der Waals surface area contributed by atoms with Crippen LogP contribution in [0.15, 0.2) is 49.0 Å². The highest BCUT2D eigenvalue weighted by atomic mass is 16.2. The van der Waals surface area contributed by atoms with Gasteiger partial charge in [-0.15, -0.1) is 0 Å². The summed E-state index contributed by atoms with van der Waals surface area (Å²) in [7, 11) is 0. The zero-order valence-electron chi connectivity index (χ0n) is 19.7. The number of hydrogen-bond acceptors (Lipinski definition) is 3. The number of allylic oxidation sites excluding steroid dienone is 3. The molecule has 0 unspecified atom stereocenters. The molecule has 2 N–H and O–H groups in total. The maximum atomic E-state index is 11.8. The fourth-order valence-corrected chi connectivity index (χ4v) is 3.50. The summed E-state index contributed by atoms with van der Waals surface area (Å²) in [5, 5.41) is 6.86. The Bertz CT molecular complexity index is 575. The van der Waals surface area contributed by atoms with Gasteiger partial charge < -0.3 is 15.5 Å². The molecule has 0 bridgehead atoms. The Kier molecular flexibility index (Phi) is 13.0. The van der Waals surface area contributed by atoms with E-state index in [2.05, 4.69) is 50.8 Å². The molecule has 0 aromatic rings. The van der Waals surface area contributed by atoms with Crippen molar-refractivity contribution in [2.75, 3.05) is 19.6 Å². The van der Waals surface area contributed by atoms with E-state index in [0.717, 1.165) is 61.4 Å². The van der Waals surface area contributed by atoms with Gasteiger partial charge in [-0.25, -0.2) is 0 Å². The Morgan fingerprint density at radius 1 is 0.900 bits per heavy atom. The number of carbonyl (C=O) groups excluding carboxylic acids is 1. The van der Waals surface area contributed by atoms with Crippen LogP contribution in [0.1, 0.15) is 84.5 Å². The van der Waals surface area contributed by atoms with Crippen LogP contribution in [-0.4, -0.2) is 30.4 Å². The van der Waals surface area contributed by atoms with Crippen molar-refractivity contribution in [3.63, 3.8) is 0 Å². The van der Waals surface area contributed by atoms with Gasteiger partial charge >= 0.3 is 0 Å².